The van der Waals surface area contributed by atoms with Gasteiger partial charge in [-0.1, -0.05) is 0 Å². The number of nitrogens with zero attached hydrogens (tertiary/aromatic N) is 2. The van der Waals surface area contributed by atoms with Gasteiger partial charge in [0.25, 0.3) is 0 Å². The van der Waals surface area contributed by atoms with E-state index in [0.29, 0.717) is 12.1 Å². The number of hydrogen-bond acceptors (Lipinski definition) is 3. The van der Waals surface area contributed by atoms with Gasteiger partial charge in [-0.3, -0.25) is 4.90 Å². The fraction of sp³-hybridized carbons (Fsp3) is 0.750. The molecule has 4 nitrogen and oxygen atoms in total. The lowest BCUT2D eigenvalue weighted by atomic mass is 9.91. The topological polar surface area (TPSA) is 50.0 Å². The van der Waals surface area contributed by atoms with E-state index in [2.05, 4.69) is 21.5 Å². The van der Waals surface area contributed by atoms with Crippen molar-refractivity contribution in [3.63, 3.8) is 0 Å². The third-order valence-electron chi connectivity index (χ3n) is 4.07. The molecule has 0 atom stereocenters. The first-order valence-electron chi connectivity index (χ1n) is 6.41. The summed E-state index contributed by atoms with van der Waals surface area (Å²) in [6.45, 7) is 2.02. The van der Waals surface area contributed by atoms with E-state index < -0.39 is 0 Å². The van der Waals surface area contributed by atoms with Crippen LogP contribution in [0, 0.1) is 4.77 Å². The molecule has 17 heavy (non-hydrogen) atoms. The van der Waals surface area contributed by atoms with Gasteiger partial charge in [-0.2, -0.15) is 0 Å². The van der Waals surface area contributed by atoms with Crippen LogP contribution >= 0.6 is 12.2 Å². The standard InChI is InChI=1S/C12H20N4S/c1-15-6-10-11(7-15)16(12(17)14-10)9-4-2-8(13)3-5-9/h8-9H,2-7,13H2,1H3,(H,14,17). The largest absolute Gasteiger partial charge is 0.333 e. The molecule has 1 fully saturated rings. The second-order valence-electron chi connectivity index (χ2n) is 5.47. The smallest absolute Gasteiger partial charge is 0.177 e. The number of aromatic nitrogens is 2. The molecule has 1 aromatic heterocycles. The minimum absolute atomic E-state index is 0.398. The Kier molecular flexibility index (Phi) is 2.84. The van der Waals surface area contributed by atoms with Gasteiger partial charge in [-0.05, 0) is 44.9 Å². The summed E-state index contributed by atoms with van der Waals surface area (Å²) in [6, 6.07) is 0.962. The Balaban J connectivity index is 1.91. The highest BCUT2D eigenvalue weighted by Gasteiger charge is 2.27. The van der Waals surface area contributed by atoms with Crippen LogP contribution < -0.4 is 5.73 Å². The summed E-state index contributed by atoms with van der Waals surface area (Å²) in [5.41, 5.74) is 8.69. The number of aromatic amines is 1. The lowest BCUT2D eigenvalue weighted by molar-refractivity contribution is 0.299. The zero-order valence-corrected chi connectivity index (χ0v) is 11.1. The van der Waals surface area contributed by atoms with E-state index in [0.717, 1.165) is 30.7 Å². The molecule has 1 saturated carbocycles. The number of nitrogens with one attached hydrogen (secondary N) is 1. The van der Waals surface area contributed by atoms with Crippen LogP contribution in [0.1, 0.15) is 43.1 Å². The zero-order valence-electron chi connectivity index (χ0n) is 10.3. The fourth-order valence-electron chi connectivity index (χ4n) is 3.16. The number of hydrogen-bond donors (Lipinski definition) is 2. The van der Waals surface area contributed by atoms with Gasteiger partial charge in [0.1, 0.15) is 0 Å². The van der Waals surface area contributed by atoms with Crippen LogP contribution in [0.4, 0.5) is 0 Å². The first-order valence-corrected chi connectivity index (χ1v) is 6.82. The highest BCUT2D eigenvalue weighted by molar-refractivity contribution is 7.71. The molecule has 1 aliphatic heterocycles. The van der Waals surface area contributed by atoms with Gasteiger partial charge in [-0.15, -0.1) is 0 Å². The third kappa shape index (κ3) is 1.96. The van der Waals surface area contributed by atoms with E-state index >= 15 is 0 Å². The SMILES string of the molecule is CN1Cc2[nH]c(=S)n(C3CCC(N)CC3)c2C1. The van der Waals surface area contributed by atoms with Gasteiger partial charge < -0.3 is 15.3 Å². The molecule has 0 spiro atoms. The molecule has 0 saturated heterocycles. The Hall–Kier alpha value is -0.650. The van der Waals surface area contributed by atoms with Gasteiger partial charge in [0.2, 0.25) is 0 Å². The average Bonchev–Trinajstić information content (AvgIpc) is 2.75. The first-order chi connectivity index (χ1) is 8.15. The van der Waals surface area contributed by atoms with Crippen molar-refractivity contribution in [3.05, 3.63) is 16.2 Å². The monoisotopic (exact) mass is 252 g/mol. The summed E-state index contributed by atoms with van der Waals surface area (Å²) >= 11 is 5.47. The average molecular weight is 252 g/mol. The van der Waals surface area contributed by atoms with E-state index in [1.807, 2.05) is 0 Å². The minimum atomic E-state index is 0.398. The summed E-state index contributed by atoms with van der Waals surface area (Å²) in [5.74, 6) is 0. The molecule has 94 valence electrons. The molecule has 0 aromatic carbocycles. The van der Waals surface area contributed by atoms with Crippen LogP contribution in [-0.2, 0) is 13.1 Å². The molecule has 0 radical (unpaired) electrons. The molecule has 2 heterocycles. The van der Waals surface area contributed by atoms with Crippen molar-refractivity contribution in [2.75, 3.05) is 7.05 Å². The van der Waals surface area contributed by atoms with E-state index in [1.165, 1.54) is 24.2 Å². The number of fused-ring (bicyclic) bond motifs is 1. The predicted octanol–water partition coefficient (Wildman–Crippen LogP) is 1.93. The van der Waals surface area contributed by atoms with E-state index in [1.54, 1.807) is 0 Å². The molecular weight excluding hydrogens is 232 g/mol. The molecule has 1 aliphatic carbocycles. The Bertz CT molecular complexity index is 467. The maximum atomic E-state index is 5.97. The summed E-state index contributed by atoms with van der Waals surface area (Å²) in [4.78, 5) is 5.69. The summed E-state index contributed by atoms with van der Waals surface area (Å²) in [5, 5.41) is 0. The Morgan fingerprint density at radius 1 is 1.24 bits per heavy atom. The Labute approximate surface area is 107 Å². The summed E-state index contributed by atoms with van der Waals surface area (Å²) in [7, 11) is 2.15. The van der Waals surface area contributed by atoms with Crippen molar-refractivity contribution in [1.82, 2.24) is 14.5 Å². The molecule has 5 heteroatoms. The van der Waals surface area contributed by atoms with Crippen molar-refractivity contribution in [2.45, 2.75) is 50.9 Å². The van der Waals surface area contributed by atoms with Crippen LogP contribution in [0.3, 0.4) is 0 Å². The molecular formula is C12H20N4S. The molecule has 0 unspecified atom stereocenters. The minimum Gasteiger partial charge on any atom is -0.333 e. The van der Waals surface area contributed by atoms with Gasteiger partial charge in [0, 0.05) is 25.2 Å². The Morgan fingerprint density at radius 2 is 1.94 bits per heavy atom. The molecule has 0 amide bonds. The number of imidazole rings is 1. The third-order valence-corrected chi connectivity index (χ3v) is 4.37. The van der Waals surface area contributed by atoms with Gasteiger partial charge in [0.05, 0.1) is 11.4 Å². The number of H-pyrrole nitrogens is 1. The second kappa shape index (κ2) is 4.23. The van der Waals surface area contributed by atoms with Crippen molar-refractivity contribution in [3.8, 4) is 0 Å². The normalized spacial score (nSPS) is 29.5. The van der Waals surface area contributed by atoms with Crippen molar-refractivity contribution in [2.24, 2.45) is 5.73 Å². The number of rotatable bonds is 1. The highest BCUT2D eigenvalue weighted by atomic mass is 32.1. The van der Waals surface area contributed by atoms with Crippen LogP contribution in [0.2, 0.25) is 0 Å². The van der Waals surface area contributed by atoms with E-state index in [-0.39, 0.29) is 0 Å². The zero-order chi connectivity index (χ0) is 12.0. The molecule has 1 aromatic rings. The quantitative estimate of drug-likeness (QED) is 0.751. The predicted molar refractivity (Wildman–Crippen MR) is 70.3 cm³/mol. The van der Waals surface area contributed by atoms with Crippen LogP contribution in [-0.4, -0.2) is 27.5 Å². The summed E-state index contributed by atoms with van der Waals surface area (Å²) in [6.07, 6.45) is 4.59. The van der Waals surface area contributed by atoms with Gasteiger partial charge in [-0.25, -0.2) is 0 Å². The second-order valence-corrected chi connectivity index (χ2v) is 5.85. The fourth-order valence-corrected chi connectivity index (χ4v) is 3.54. The Morgan fingerprint density at radius 3 is 2.65 bits per heavy atom. The van der Waals surface area contributed by atoms with Gasteiger partial charge in [0.15, 0.2) is 4.77 Å². The molecule has 3 N–H and O–H groups in total. The molecule has 3 rings (SSSR count). The first kappa shape index (κ1) is 11.4. The maximum Gasteiger partial charge on any atom is 0.177 e. The van der Waals surface area contributed by atoms with Crippen molar-refractivity contribution < 1.29 is 0 Å². The van der Waals surface area contributed by atoms with Gasteiger partial charge >= 0.3 is 0 Å². The maximum absolute atomic E-state index is 5.97. The lowest BCUT2D eigenvalue weighted by Crippen LogP contribution is -2.28. The highest BCUT2D eigenvalue weighted by Crippen LogP contribution is 2.32. The molecule has 0 bridgehead atoms. The van der Waals surface area contributed by atoms with Crippen LogP contribution in [0.15, 0.2) is 0 Å². The van der Waals surface area contributed by atoms with Crippen molar-refractivity contribution >= 4 is 12.2 Å². The van der Waals surface area contributed by atoms with Crippen molar-refractivity contribution in [1.29, 1.82) is 0 Å². The summed E-state index contributed by atoms with van der Waals surface area (Å²) < 4.78 is 3.27. The van der Waals surface area contributed by atoms with Crippen LogP contribution in [0.5, 0.6) is 0 Å². The molecule has 2 aliphatic rings. The van der Waals surface area contributed by atoms with E-state index in [4.69, 9.17) is 18.0 Å². The van der Waals surface area contributed by atoms with E-state index in [9.17, 15) is 0 Å². The lowest BCUT2D eigenvalue weighted by Gasteiger charge is -2.28. The van der Waals surface area contributed by atoms with Crippen LogP contribution in [0.25, 0.3) is 0 Å². The number of nitrogens with two attached hydrogens (primary N) is 1.